The van der Waals surface area contributed by atoms with Crippen LogP contribution in [0.25, 0.3) is 5.76 Å². The predicted octanol–water partition coefficient (Wildman–Crippen LogP) is 3.73. The number of rotatable bonds is 9. The first-order valence-electron chi connectivity index (χ1n) is 11.6. The van der Waals surface area contributed by atoms with Crippen LogP contribution >= 0.6 is 0 Å². The first-order valence-corrected chi connectivity index (χ1v) is 11.6. The van der Waals surface area contributed by atoms with Crippen molar-refractivity contribution in [1.29, 1.82) is 0 Å². The van der Waals surface area contributed by atoms with Crippen molar-refractivity contribution in [3.63, 3.8) is 0 Å². The largest absolute Gasteiger partial charge is 0.507 e. The molecule has 2 N–H and O–H groups in total. The van der Waals surface area contributed by atoms with Crippen LogP contribution in [0.3, 0.4) is 0 Å². The van der Waals surface area contributed by atoms with Gasteiger partial charge in [-0.25, -0.2) is 0 Å². The number of phenolic OH excluding ortho intramolecular Hbond substituents is 1. The second-order valence-electron chi connectivity index (χ2n) is 9.41. The molecule has 0 spiro atoms. The van der Waals surface area contributed by atoms with Gasteiger partial charge >= 0.3 is 0 Å². The number of amides is 1. The van der Waals surface area contributed by atoms with Gasteiger partial charge in [0.1, 0.15) is 11.5 Å². The van der Waals surface area contributed by atoms with E-state index in [0.29, 0.717) is 41.5 Å². The summed E-state index contributed by atoms with van der Waals surface area (Å²) in [6, 6.07) is 9.07. The van der Waals surface area contributed by atoms with Gasteiger partial charge in [0.25, 0.3) is 11.7 Å². The first kappa shape index (κ1) is 26.1. The van der Waals surface area contributed by atoms with Crippen molar-refractivity contribution in [3.05, 3.63) is 58.7 Å². The van der Waals surface area contributed by atoms with Crippen LogP contribution in [-0.4, -0.2) is 72.6 Å². The second kappa shape index (κ2) is 10.8. The SMILES string of the molecule is COc1cc(C2/C(=C(/O)c3ccc(OCC(C)C)cc3C)C(=O)C(=O)N2CCN(C)C)ccc1O. The maximum absolute atomic E-state index is 13.2. The molecule has 0 saturated carbocycles. The molecule has 2 aromatic carbocycles. The molecule has 8 nitrogen and oxygen atoms in total. The van der Waals surface area contributed by atoms with Crippen LogP contribution in [0.15, 0.2) is 42.0 Å². The molecule has 1 fully saturated rings. The van der Waals surface area contributed by atoms with Crippen molar-refractivity contribution in [2.45, 2.75) is 26.8 Å². The number of phenols is 1. The number of aryl methyl sites for hydroxylation is 1. The minimum Gasteiger partial charge on any atom is -0.507 e. The third kappa shape index (κ3) is 5.59. The number of aromatic hydroxyl groups is 1. The van der Waals surface area contributed by atoms with Gasteiger partial charge in [0, 0.05) is 18.7 Å². The highest BCUT2D eigenvalue weighted by Crippen LogP contribution is 2.42. The summed E-state index contributed by atoms with van der Waals surface area (Å²) < 4.78 is 11.0. The molecule has 1 saturated heterocycles. The molecule has 1 amide bonds. The number of likely N-dealkylation sites (tertiary alicyclic amines) is 1. The summed E-state index contributed by atoms with van der Waals surface area (Å²) in [4.78, 5) is 29.6. The van der Waals surface area contributed by atoms with Gasteiger partial charge in [-0.15, -0.1) is 0 Å². The number of aliphatic hydroxyl groups excluding tert-OH is 1. The molecule has 1 aliphatic heterocycles. The Balaban J connectivity index is 2.12. The Morgan fingerprint density at radius 3 is 2.46 bits per heavy atom. The molecule has 8 heteroatoms. The number of carbonyl (C=O) groups is 2. The molecular formula is C27H34N2O6. The number of hydrogen-bond acceptors (Lipinski definition) is 7. The lowest BCUT2D eigenvalue weighted by molar-refractivity contribution is -0.140. The van der Waals surface area contributed by atoms with Crippen LogP contribution < -0.4 is 9.47 Å². The predicted molar refractivity (Wildman–Crippen MR) is 134 cm³/mol. The van der Waals surface area contributed by atoms with Crippen molar-refractivity contribution in [3.8, 4) is 17.2 Å². The number of hydrogen-bond donors (Lipinski definition) is 2. The number of likely N-dealkylation sites (N-methyl/N-ethyl adjacent to an activating group) is 1. The number of carbonyl (C=O) groups excluding carboxylic acids is 2. The molecule has 1 heterocycles. The van der Waals surface area contributed by atoms with Gasteiger partial charge in [-0.3, -0.25) is 9.59 Å². The van der Waals surface area contributed by atoms with E-state index in [4.69, 9.17) is 9.47 Å². The van der Waals surface area contributed by atoms with Crippen molar-refractivity contribution in [2.24, 2.45) is 5.92 Å². The van der Waals surface area contributed by atoms with E-state index < -0.39 is 17.7 Å². The molecule has 1 atom stereocenters. The van der Waals surface area contributed by atoms with Crippen LogP contribution in [-0.2, 0) is 9.59 Å². The fraction of sp³-hybridized carbons (Fsp3) is 0.407. The monoisotopic (exact) mass is 482 g/mol. The van der Waals surface area contributed by atoms with Crippen molar-refractivity contribution in [2.75, 3.05) is 40.9 Å². The Hall–Kier alpha value is -3.52. The van der Waals surface area contributed by atoms with Gasteiger partial charge in [-0.2, -0.15) is 0 Å². The van der Waals surface area contributed by atoms with Gasteiger partial charge < -0.3 is 29.5 Å². The first-order chi connectivity index (χ1) is 16.5. The molecule has 0 aliphatic carbocycles. The summed E-state index contributed by atoms with van der Waals surface area (Å²) in [7, 11) is 5.18. The summed E-state index contributed by atoms with van der Waals surface area (Å²) in [6.07, 6.45) is 0. The average Bonchev–Trinajstić information content (AvgIpc) is 3.06. The van der Waals surface area contributed by atoms with Gasteiger partial charge in [0.05, 0.1) is 25.3 Å². The number of nitrogens with zero attached hydrogens (tertiary/aromatic N) is 2. The van der Waals surface area contributed by atoms with Crippen LogP contribution in [0.4, 0.5) is 0 Å². The molecule has 1 unspecified atom stereocenters. The Kier molecular flexibility index (Phi) is 8.07. The van der Waals surface area contributed by atoms with E-state index in [0.717, 1.165) is 0 Å². The van der Waals surface area contributed by atoms with E-state index in [2.05, 4.69) is 13.8 Å². The van der Waals surface area contributed by atoms with Gasteiger partial charge in [-0.05, 0) is 68.4 Å². The number of Topliss-reactive ketones (excluding diaryl/α,β-unsaturated/α-hetero) is 1. The maximum Gasteiger partial charge on any atom is 0.295 e. The van der Waals surface area contributed by atoms with Gasteiger partial charge in [0.2, 0.25) is 0 Å². The number of ketones is 1. The van der Waals surface area contributed by atoms with Gasteiger partial charge in [0.15, 0.2) is 11.5 Å². The third-order valence-electron chi connectivity index (χ3n) is 5.88. The zero-order chi connectivity index (χ0) is 25.9. The number of ether oxygens (including phenoxy) is 2. The standard InChI is InChI=1S/C27H34N2O6/c1-16(2)15-35-19-8-9-20(17(3)13-19)25(31)23-24(18-7-10-21(30)22(14-18)34-6)29(12-11-28(4)5)27(33)26(23)32/h7-10,13-14,16,24,30-31H,11-12,15H2,1-6H3/b25-23-. The zero-order valence-electron chi connectivity index (χ0n) is 21.2. The van der Waals surface area contributed by atoms with Crippen LogP contribution in [0.1, 0.15) is 36.6 Å². The molecule has 3 rings (SSSR count). The minimum absolute atomic E-state index is 0.000415. The van der Waals surface area contributed by atoms with E-state index in [9.17, 15) is 19.8 Å². The van der Waals surface area contributed by atoms with Gasteiger partial charge in [-0.1, -0.05) is 19.9 Å². The number of methoxy groups -OCH3 is 1. The van der Waals surface area contributed by atoms with Crippen molar-refractivity contribution in [1.82, 2.24) is 9.80 Å². The Morgan fingerprint density at radius 1 is 1.14 bits per heavy atom. The van der Waals surface area contributed by atoms with Crippen molar-refractivity contribution >= 4 is 17.4 Å². The highest BCUT2D eigenvalue weighted by Gasteiger charge is 2.46. The molecular weight excluding hydrogens is 448 g/mol. The van der Waals surface area contributed by atoms with Crippen LogP contribution in [0.5, 0.6) is 17.2 Å². The number of benzene rings is 2. The van der Waals surface area contributed by atoms with E-state index >= 15 is 0 Å². The van der Waals surface area contributed by atoms with E-state index in [1.165, 1.54) is 18.1 Å². The molecule has 0 aromatic heterocycles. The van der Waals surface area contributed by atoms with E-state index in [1.807, 2.05) is 25.9 Å². The topological polar surface area (TPSA) is 99.5 Å². The molecule has 188 valence electrons. The average molecular weight is 483 g/mol. The highest BCUT2D eigenvalue weighted by molar-refractivity contribution is 6.46. The quantitative estimate of drug-likeness (QED) is 0.319. The summed E-state index contributed by atoms with van der Waals surface area (Å²) in [5.74, 6) is -0.501. The molecule has 1 aliphatic rings. The Labute approximate surface area is 206 Å². The maximum atomic E-state index is 13.2. The summed E-state index contributed by atoms with van der Waals surface area (Å²) >= 11 is 0. The van der Waals surface area contributed by atoms with Crippen LogP contribution in [0.2, 0.25) is 0 Å². The Bertz CT molecular complexity index is 1140. The summed E-state index contributed by atoms with van der Waals surface area (Å²) in [6.45, 7) is 7.30. The fourth-order valence-corrected chi connectivity index (χ4v) is 4.03. The normalized spacial score (nSPS) is 17.5. The molecule has 0 radical (unpaired) electrons. The van der Waals surface area contributed by atoms with Crippen molar-refractivity contribution < 1.29 is 29.3 Å². The molecule has 0 bridgehead atoms. The summed E-state index contributed by atoms with van der Waals surface area (Å²) in [5, 5.41) is 21.4. The lowest BCUT2D eigenvalue weighted by Crippen LogP contribution is -2.35. The zero-order valence-corrected chi connectivity index (χ0v) is 21.2. The van der Waals surface area contributed by atoms with E-state index in [1.54, 1.807) is 30.3 Å². The lowest BCUT2D eigenvalue weighted by atomic mass is 9.93. The second-order valence-corrected chi connectivity index (χ2v) is 9.41. The Morgan fingerprint density at radius 2 is 1.86 bits per heavy atom. The molecule has 35 heavy (non-hydrogen) atoms. The fourth-order valence-electron chi connectivity index (χ4n) is 4.03. The lowest BCUT2D eigenvalue weighted by Gasteiger charge is -2.27. The van der Waals surface area contributed by atoms with Crippen LogP contribution in [0, 0.1) is 12.8 Å². The van der Waals surface area contributed by atoms with E-state index in [-0.39, 0.29) is 29.4 Å². The summed E-state index contributed by atoms with van der Waals surface area (Å²) in [5.41, 5.74) is 1.71. The minimum atomic E-state index is -0.833. The molecule has 2 aromatic rings. The smallest absolute Gasteiger partial charge is 0.295 e. The number of aliphatic hydroxyl groups is 1. The third-order valence-corrected chi connectivity index (χ3v) is 5.88. The highest BCUT2D eigenvalue weighted by atomic mass is 16.5.